The molecule has 1 aliphatic rings. The lowest BCUT2D eigenvalue weighted by atomic mass is 10.1. The molecule has 1 amide bonds. The van der Waals surface area contributed by atoms with Crippen molar-refractivity contribution in [3.63, 3.8) is 0 Å². The first-order chi connectivity index (χ1) is 11.7. The fourth-order valence-electron chi connectivity index (χ4n) is 2.88. The first-order valence-corrected chi connectivity index (χ1v) is 7.66. The van der Waals surface area contributed by atoms with Crippen LogP contribution in [0.25, 0.3) is 11.5 Å². The Hall–Kier alpha value is -3.02. The number of aromatic nitrogens is 2. The molecule has 0 aliphatic carbocycles. The molecule has 1 saturated heterocycles. The molecule has 3 aromatic rings. The summed E-state index contributed by atoms with van der Waals surface area (Å²) in [5.74, 6) is 0.000256. The lowest BCUT2D eigenvalue weighted by Gasteiger charge is -2.15. The Morgan fingerprint density at radius 1 is 1.08 bits per heavy atom. The van der Waals surface area contributed by atoms with Crippen LogP contribution in [0.15, 0.2) is 59.1 Å². The van der Waals surface area contributed by atoms with Gasteiger partial charge in [-0.05, 0) is 24.3 Å². The summed E-state index contributed by atoms with van der Waals surface area (Å²) in [4.78, 5) is 18.3. The smallest absolute Gasteiger partial charge is 0.260 e. The third-order valence-electron chi connectivity index (χ3n) is 4.10. The van der Waals surface area contributed by atoms with Crippen LogP contribution >= 0.6 is 0 Å². The van der Waals surface area contributed by atoms with Crippen molar-refractivity contribution in [2.45, 2.75) is 12.3 Å². The molecule has 24 heavy (non-hydrogen) atoms. The maximum atomic E-state index is 13.8. The normalized spacial score (nSPS) is 17.5. The minimum Gasteiger partial charge on any atom is -0.334 e. The molecule has 0 bridgehead atoms. The summed E-state index contributed by atoms with van der Waals surface area (Å²) in [6, 6.07) is 15.7. The van der Waals surface area contributed by atoms with Crippen molar-refractivity contribution in [1.82, 2.24) is 10.1 Å². The number of rotatable bonds is 3. The summed E-state index contributed by atoms with van der Waals surface area (Å²) < 4.78 is 19.0. The Morgan fingerprint density at radius 3 is 2.62 bits per heavy atom. The first kappa shape index (κ1) is 14.6. The van der Waals surface area contributed by atoms with E-state index in [1.165, 1.54) is 6.07 Å². The van der Waals surface area contributed by atoms with Gasteiger partial charge in [-0.15, -0.1) is 0 Å². The van der Waals surface area contributed by atoms with Gasteiger partial charge in [-0.3, -0.25) is 4.79 Å². The molecule has 5 nitrogen and oxygen atoms in total. The van der Waals surface area contributed by atoms with Gasteiger partial charge in [-0.1, -0.05) is 35.5 Å². The molecule has 2 aromatic carbocycles. The fraction of sp³-hybridized carbons (Fsp3) is 0.167. The number of carbonyl (C=O) groups is 1. The van der Waals surface area contributed by atoms with Gasteiger partial charge in [-0.25, -0.2) is 4.39 Å². The average molecular weight is 323 g/mol. The van der Waals surface area contributed by atoms with E-state index in [-0.39, 0.29) is 23.3 Å². The summed E-state index contributed by atoms with van der Waals surface area (Å²) in [6.07, 6.45) is 0.311. The third-order valence-corrected chi connectivity index (χ3v) is 4.10. The zero-order chi connectivity index (χ0) is 16.5. The molecule has 6 heteroatoms. The largest absolute Gasteiger partial charge is 0.334 e. The fourth-order valence-corrected chi connectivity index (χ4v) is 2.88. The highest BCUT2D eigenvalue weighted by atomic mass is 19.1. The number of anilines is 1. The van der Waals surface area contributed by atoms with E-state index in [0.717, 1.165) is 5.69 Å². The molecule has 1 fully saturated rings. The quantitative estimate of drug-likeness (QED) is 0.741. The van der Waals surface area contributed by atoms with Crippen molar-refractivity contribution in [1.29, 1.82) is 0 Å². The van der Waals surface area contributed by atoms with Gasteiger partial charge in [0.05, 0.1) is 5.56 Å². The van der Waals surface area contributed by atoms with E-state index in [9.17, 15) is 9.18 Å². The van der Waals surface area contributed by atoms with Crippen LogP contribution in [0.4, 0.5) is 10.1 Å². The first-order valence-electron chi connectivity index (χ1n) is 7.66. The summed E-state index contributed by atoms with van der Waals surface area (Å²) in [7, 11) is 0. The van der Waals surface area contributed by atoms with Crippen LogP contribution in [-0.2, 0) is 4.79 Å². The van der Waals surface area contributed by atoms with Gasteiger partial charge in [0.1, 0.15) is 5.82 Å². The predicted octanol–water partition coefficient (Wildman–Crippen LogP) is 3.40. The monoisotopic (exact) mass is 323 g/mol. The second kappa shape index (κ2) is 5.88. The number of carbonyl (C=O) groups excluding carboxylic acids is 1. The predicted molar refractivity (Wildman–Crippen MR) is 85.8 cm³/mol. The molecule has 2 heterocycles. The second-order valence-corrected chi connectivity index (χ2v) is 5.68. The molecule has 4 rings (SSSR count). The molecule has 0 N–H and O–H groups in total. The molecule has 120 valence electrons. The molecular formula is C18H14FN3O2. The number of benzene rings is 2. The molecule has 1 atom stereocenters. The van der Waals surface area contributed by atoms with Gasteiger partial charge >= 0.3 is 0 Å². The lowest BCUT2D eigenvalue weighted by Crippen LogP contribution is -2.24. The van der Waals surface area contributed by atoms with Crippen LogP contribution in [0.1, 0.15) is 18.2 Å². The number of para-hydroxylation sites is 1. The Kier molecular flexibility index (Phi) is 3.57. The maximum absolute atomic E-state index is 13.8. The van der Waals surface area contributed by atoms with Gasteiger partial charge in [0, 0.05) is 24.6 Å². The summed E-state index contributed by atoms with van der Waals surface area (Å²) in [5, 5.41) is 3.95. The number of nitrogens with zero attached hydrogens (tertiary/aromatic N) is 3. The van der Waals surface area contributed by atoms with Crippen LogP contribution in [-0.4, -0.2) is 22.6 Å². The van der Waals surface area contributed by atoms with Crippen LogP contribution in [0.5, 0.6) is 0 Å². The van der Waals surface area contributed by atoms with E-state index in [1.807, 2.05) is 30.3 Å². The molecule has 0 radical (unpaired) electrons. The standard InChI is InChI=1S/C18H14FN3O2/c19-15-9-5-4-8-14(15)18-20-17(21-24-18)12-10-16(23)22(11-12)13-6-2-1-3-7-13/h1-9,12H,10-11H2/t12-/m1/s1. The Labute approximate surface area is 137 Å². The zero-order valence-electron chi connectivity index (χ0n) is 12.7. The van der Waals surface area contributed by atoms with E-state index in [2.05, 4.69) is 10.1 Å². The van der Waals surface area contributed by atoms with Crippen LogP contribution in [0.3, 0.4) is 0 Å². The lowest BCUT2D eigenvalue weighted by molar-refractivity contribution is -0.117. The number of halogens is 1. The maximum Gasteiger partial charge on any atom is 0.260 e. The minimum atomic E-state index is -0.416. The average Bonchev–Trinajstić information content (AvgIpc) is 3.23. The third kappa shape index (κ3) is 2.56. The van der Waals surface area contributed by atoms with E-state index in [0.29, 0.717) is 18.8 Å². The molecule has 0 spiro atoms. The number of amides is 1. The van der Waals surface area contributed by atoms with Crippen molar-refractivity contribution in [3.05, 3.63) is 66.2 Å². The number of hydrogen-bond donors (Lipinski definition) is 0. The van der Waals surface area contributed by atoms with Crippen molar-refractivity contribution in [2.24, 2.45) is 0 Å². The molecule has 0 saturated carbocycles. The van der Waals surface area contributed by atoms with Crippen LogP contribution in [0, 0.1) is 5.82 Å². The van der Waals surface area contributed by atoms with Gasteiger partial charge in [-0.2, -0.15) is 4.98 Å². The van der Waals surface area contributed by atoms with Crippen molar-refractivity contribution in [3.8, 4) is 11.5 Å². The summed E-state index contributed by atoms with van der Waals surface area (Å²) in [6.45, 7) is 0.485. The van der Waals surface area contributed by atoms with E-state index >= 15 is 0 Å². The van der Waals surface area contributed by atoms with Crippen LogP contribution < -0.4 is 4.90 Å². The van der Waals surface area contributed by atoms with E-state index < -0.39 is 5.82 Å². The van der Waals surface area contributed by atoms with Crippen molar-refractivity contribution >= 4 is 11.6 Å². The minimum absolute atomic E-state index is 0.0171. The summed E-state index contributed by atoms with van der Waals surface area (Å²) >= 11 is 0. The Balaban J connectivity index is 1.58. The SMILES string of the molecule is O=C1C[C@@H](c2noc(-c3ccccc3F)n2)CN1c1ccccc1. The van der Waals surface area contributed by atoms with Gasteiger partial charge in [0.25, 0.3) is 5.89 Å². The summed E-state index contributed by atoms with van der Waals surface area (Å²) in [5.41, 5.74) is 1.11. The molecule has 1 aromatic heterocycles. The van der Waals surface area contributed by atoms with E-state index in [4.69, 9.17) is 4.52 Å². The van der Waals surface area contributed by atoms with Crippen LogP contribution in [0.2, 0.25) is 0 Å². The zero-order valence-corrected chi connectivity index (χ0v) is 12.7. The highest BCUT2D eigenvalue weighted by Crippen LogP contribution is 2.31. The second-order valence-electron chi connectivity index (χ2n) is 5.68. The van der Waals surface area contributed by atoms with Gasteiger partial charge in [0.15, 0.2) is 5.82 Å². The highest BCUT2D eigenvalue weighted by molar-refractivity contribution is 5.96. The topological polar surface area (TPSA) is 59.2 Å². The van der Waals surface area contributed by atoms with Crippen molar-refractivity contribution in [2.75, 3.05) is 11.4 Å². The van der Waals surface area contributed by atoms with Crippen molar-refractivity contribution < 1.29 is 13.7 Å². The van der Waals surface area contributed by atoms with E-state index in [1.54, 1.807) is 23.1 Å². The highest BCUT2D eigenvalue weighted by Gasteiger charge is 2.34. The van der Waals surface area contributed by atoms with Gasteiger partial charge in [0.2, 0.25) is 5.91 Å². The Morgan fingerprint density at radius 2 is 1.83 bits per heavy atom. The molecular weight excluding hydrogens is 309 g/mol. The number of hydrogen-bond acceptors (Lipinski definition) is 4. The molecule has 1 aliphatic heterocycles. The van der Waals surface area contributed by atoms with Gasteiger partial charge < -0.3 is 9.42 Å². The Bertz CT molecular complexity index is 879. The molecule has 0 unspecified atom stereocenters.